The Kier molecular flexibility index (Phi) is 7.11. The quantitative estimate of drug-likeness (QED) is 0.456. The summed E-state index contributed by atoms with van der Waals surface area (Å²) < 4.78 is 18.0. The summed E-state index contributed by atoms with van der Waals surface area (Å²) in [5.74, 6) is -1.36. The van der Waals surface area contributed by atoms with Crippen molar-refractivity contribution in [1.29, 1.82) is 0 Å². The summed E-state index contributed by atoms with van der Waals surface area (Å²) in [5.41, 5.74) is 0.154. The molecule has 1 atom stereocenters. The molecule has 19 heavy (non-hydrogen) atoms. The van der Waals surface area contributed by atoms with Crippen molar-refractivity contribution >= 4 is 12.1 Å². The van der Waals surface area contributed by atoms with E-state index >= 15 is 0 Å². The molecule has 6 heteroatoms. The smallest absolute Gasteiger partial charge is 0.460 e. The first-order chi connectivity index (χ1) is 8.70. The third kappa shape index (κ3) is 8.18. The molecule has 1 unspecified atom stereocenters. The van der Waals surface area contributed by atoms with E-state index in [9.17, 15) is 9.18 Å². The van der Waals surface area contributed by atoms with Gasteiger partial charge in [-0.25, -0.2) is 9.59 Å². The Morgan fingerprint density at radius 3 is 2.26 bits per heavy atom. The van der Waals surface area contributed by atoms with E-state index in [1.165, 1.54) is 6.08 Å². The third-order valence-electron chi connectivity index (χ3n) is 2.86. The van der Waals surface area contributed by atoms with Crippen molar-refractivity contribution in [2.45, 2.75) is 40.0 Å². The number of esters is 1. The highest BCUT2D eigenvalue weighted by Crippen LogP contribution is 2.52. The average Bonchev–Trinajstić information content (AvgIpc) is 2.85. The molecule has 0 bridgehead atoms. The molecule has 0 radical (unpaired) electrons. The zero-order valence-electron chi connectivity index (χ0n) is 11.5. The van der Waals surface area contributed by atoms with Crippen molar-refractivity contribution < 1.29 is 28.9 Å². The normalized spacial score (nSPS) is 20.0. The summed E-state index contributed by atoms with van der Waals surface area (Å²) >= 11 is 0. The molecule has 1 fully saturated rings. The molecule has 0 heterocycles. The molecule has 0 aromatic rings. The summed E-state index contributed by atoms with van der Waals surface area (Å²) in [4.78, 5) is 19.7. The Morgan fingerprint density at radius 1 is 1.42 bits per heavy atom. The van der Waals surface area contributed by atoms with Crippen LogP contribution < -0.4 is 0 Å². The van der Waals surface area contributed by atoms with Gasteiger partial charge in [0.25, 0.3) is 0 Å². The van der Waals surface area contributed by atoms with E-state index in [4.69, 9.17) is 19.7 Å². The lowest BCUT2D eigenvalue weighted by molar-refractivity contribution is -0.140. The number of hydrogen-bond donors (Lipinski definition) is 2. The van der Waals surface area contributed by atoms with Crippen LogP contribution in [0.25, 0.3) is 0 Å². The fraction of sp³-hybridized carbons (Fsp3) is 0.692. The van der Waals surface area contributed by atoms with Gasteiger partial charge in [0.15, 0.2) is 0 Å². The Morgan fingerprint density at radius 2 is 1.89 bits per heavy atom. The number of carbonyl (C=O) groups is 2. The maximum atomic E-state index is 13.2. The number of rotatable bonds is 5. The molecular weight excluding hydrogens is 255 g/mol. The standard InChI is InChI=1S/C12H19FO2.CH2O3/c1-4-5-6-15-11(14)10(13)7-9-8-12(9,2)3;2-1(3)4/h7,9H,4-6,8H2,1-3H3;(H2,2,3,4). The first kappa shape index (κ1) is 17.4. The van der Waals surface area contributed by atoms with Gasteiger partial charge in [-0.1, -0.05) is 27.2 Å². The van der Waals surface area contributed by atoms with Crippen molar-refractivity contribution in [3.63, 3.8) is 0 Å². The van der Waals surface area contributed by atoms with E-state index < -0.39 is 18.0 Å². The van der Waals surface area contributed by atoms with E-state index in [0.29, 0.717) is 6.61 Å². The SMILES string of the molecule is CCCCOC(=O)C(F)=CC1CC1(C)C.O=C(O)O. The molecule has 1 aliphatic carbocycles. The van der Waals surface area contributed by atoms with Crippen LogP contribution in [0, 0.1) is 11.3 Å². The minimum atomic E-state index is -1.83. The summed E-state index contributed by atoms with van der Waals surface area (Å²) in [6, 6.07) is 0. The zero-order chi connectivity index (χ0) is 15.1. The Bertz CT molecular complexity index is 345. The maximum Gasteiger partial charge on any atom is 0.503 e. The van der Waals surface area contributed by atoms with Gasteiger partial charge in [-0.15, -0.1) is 0 Å². The molecule has 0 aromatic carbocycles. The van der Waals surface area contributed by atoms with Gasteiger partial charge in [0.2, 0.25) is 5.83 Å². The van der Waals surface area contributed by atoms with E-state index in [1.807, 2.05) is 6.92 Å². The van der Waals surface area contributed by atoms with Crippen LogP contribution in [-0.2, 0) is 9.53 Å². The third-order valence-corrected chi connectivity index (χ3v) is 2.86. The Labute approximate surface area is 112 Å². The van der Waals surface area contributed by atoms with Crippen LogP contribution >= 0.6 is 0 Å². The molecule has 1 rings (SSSR count). The number of halogens is 1. The molecule has 0 spiro atoms. The van der Waals surface area contributed by atoms with Crippen molar-refractivity contribution in [3.05, 3.63) is 11.9 Å². The summed E-state index contributed by atoms with van der Waals surface area (Å²) in [7, 11) is 0. The van der Waals surface area contributed by atoms with E-state index in [0.717, 1.165) is 19.3 Å². The second kappa shape index (κ2) is 7.76. The van der Waals surface area contributed by atoms with E-state index in [1.54, 1.807) is 0 Å². The molecule has 1 aliphatic rings. The van der Waals surface area contributed by atoms with Crippen molar-refractivity contribution in [3.8, 4) is 0 Å². The summed E-state index contributed by atoms with van der Waals surface area (Å²) in [6.45, 7) is 6.42. The van der Waals surface area contributed by atoms with E-state index in [2.05, 4.69) is 13.8 Å². The molecule has 0 aliphatic heterocycles. The molecule has 0 amide bonds. The molecular formula is C13H21FO5. The number of ether oxygens (including phenoxy) is 1. The second-order valence-electron chi connectivity index (χ2n) is 5.09. The van der Waals surface area contributed by atoms with Crippen LogP contribution in [0.15, 0.2) is 11.9 Å². The zero-order valence-corrected chi connectivity index (χ0v) is 11.5. The average molecular weight is 276 g/mol. The van der Waals surface area contributed by atoms with Gasteiger partial charge in [-0.3, -0.25) is 0 Å². The summed E-state index contributed by atoms with van der Waals surface area (Å²) in [5, 5.41) is 13.9. The van der Waals surface area contributed by atoms with Gasteiger partial charge >= 0.3 is 12.1 Å². The summed E-state index contributed by atoms with van der Waals surface area (Å²) in [6.07, 6.45) is 2.24. The minimum Gasteiger partial charge on any atom is -0.460 e. The lowest BCUT2D eigenvalue weighted by atomic mass is 10.1. The topological polar surface area (TPSA) is 83.8 Å². The number of carbonyl (C=O) groups excluding carboxylic acids is 1. The van der Waals surface area contributed by atoms with Crippen molar-refractivity contribution in [2.24, 2.45) is 11.3 Å². The van der Waals surface area contributed by atoms with Crippen LogP contribution in [0.4, 0.5) is 9.18 Å². The van der Waals surface area contributed by atoms with Gasteiger partial charge < -0.3 is 14.9 Å². The van der Waals surface area contributed by atoms with Crippen LogP contribution in [0.5, 0.6) is 0 Å². The van der Waals surface area contributed by atoms with Crippen LogP contribution in [0.3, 0.4) is 0 Å². The fourth-order valence-electron chi connectivity index (χ4n) is 1.42. The van der Waals surface area contributed by atoms with Crippen LogP contribution in [0.1, 0.15) is 40.0 Å². The van der Waals surface area contributed by atoms with Crippen molar-refractivity contribution in [1.82, 2.24) is 0 Å². The number of allylic oxidation sites excluding steroid dienone is 1. The molecule has 110 valence electrons. The van der Waals surface area contributed by atoms with Crippen LogP contribution in [-0.4, -0.2) is 28.9 Å². The number of hydrogen-bond acceptors (Lipinski definition) is 3. The highest BCUT2D eigenvalue weighted by molar-refractivity contribution is 5.86. The molecule has 1 saturated carbocycles. The molecule has 0 aromatic heterocycles. The monoisotopic (exact) mass is 276 g/mol. The Balaban J connectivity index is 0.000000711. The lowest BCUT2D eigenvalue weighted by Crippen LogP contribution is -2.06. The predicted molar refractivity (Wildman–Crippen MR) is 67.6 cm³/mol. The van der Waals surface area contributed by atoms with Crippen LogP contribution in [0.2, 0.25) is 0 Å². The largest absolute Gasteiger partial charge is 0.503 e. The van der Waals surface area contributed by atoms with Gasteiger partial charge in [-0.05, 0) is 30.3 Å². The molecule has 0 saturated heterocycles. The predicted octanol–water partition coefficient (Wildman–Crippen LogP) is 3.45. The van der Waals surface area contributed by atoms with Gasteiger partial charge in [0.1, 0.15) is 0 Å². The fourth-order valence-corrected chi connectivity index (χ4v) is 1.42. The molecule has 2 N–H and O–H groups in total. The van der Waals surface area contributed by atoms with Gasteiger partial charge in [-0.2, -0.15) is 4.39 Å². The lowest BCUT2D eigenvalue weighted by Gasteiger charge is -2.02. The van der Waals surface area contributed by atoms with Gasteiger partial charge in [0, 0.05) is 0 Å². The first-order valence-electron chi connectivity index (χ1n) is 6.17. The Hall–Kier alpha value is -1.59. The molecule has 5 nitrogen and oxygen atoms in total. The maximum absolute atomic E-state index is 13.2. The minimum absolute atomic E-state index is 0.154. The van der Waals surface area contributed by atoms with E-state index in [-0.39, 0.29) is 11.3 Å². The number of carboxylic acid groups (broad SMARTS) is 2. The van der Waals surface area contributed by atoms with Gasteiger partial charge in [0.05, 0.1) is 6.61 Å². The first-order valence-corrected chi connectivity index (χ1v) is 6.17. The highest BCUT2D eigenvalue weighted by Gasteiger charge is 2.44. The van der Waals surface area contributed by atoms with Crippen molar-refractivity contribution in [2.75, 3.05) is 6.61 Å². The number of unbranched alkanes of at least 4 members (excludes halogenated alkanes) is 1. The highest BCUT2D eigenvalue weighted by atomic mass is 19.1. The second-order valence-corrected chi connectivity index (χ2v) is 5.09.